The summed E-state index contributed by atoms with van der Waals surface area (Å²) in [6, 6.07) is 2.36. The number of carbonyl (C=O) groups is 1. The highest BCUT2D eigenvalue weighted by Crippen LogP contribution is 2.21. The Hall–Kier alpha value is -1.72. The Morgan fingerprint density at radius 3 is 2.50 bits per heavy atom. The number of hydrogen-bond acceptors (Lipinski definition) is 3. The zero-order valence-electron chi connectivity index (χ0n) is 8.78. The number of carboxylic acid groups (broad SMARTS) is 1. The molecule has 0 spiro atoms. The van der Waals surface area contributed by atoms with E-state index in [4.69, 9.17) is 9.84 Å². The Morgan fingerprint density at radius 2 is 2.12 bits per heavy atom. The molecule has 6 heteroatoms. The molecule has 1 aromatic rings. The predicted octanol–water partition coefficient (Wildman–Crippen LogP) is 2.26. The molecule has 1 rings (SSSR count). The second-order valence-electron chi connectivity index (χ2n) is 3.65. The average Bonchev–Trinajstić information content (AvgIpc) is 2.17. The first kappa shape index (κ1) is 12.4. The number of ether oxygens (including phenoxy) is 1. The van der Waals surface area contributed by atoms with Crippen LogP contribution in [0, 0.1) is 0 Å². The summed E-state index contributed by atoms with van der Waals surface area (Å²) in [7, 11) is 0. The first-order chi connectivity index (χ1) is 7.33. The van der Waals surface area contributed by atoms with Crippen molar-refractivity contribution in [3.63, 3.8) is 0 Å². The summed E-state index contributed by atoms with van der Waals surface area (Å²) in [6.45, 7) is 2.69. The lowest BCUT2D eigenvalue weighted by molar-refractivity contribution is -0.152. The third-order valence-corrected chi connectivity index (χ3v) is 1.89. The Morgan fingerprint density at radius 1 is 1.50 bits per heavy atom. The third kappa shape index (κ3) is 2.88. The molecule has 0 bridgehead atoms. The van der Waals surface area contributed by atoms with Crippen molar-refractivity contribution in [1.29, 1.82) is 0 Å². The van der Waals surface area contributed by atoms with Crippen molar-refractivity contribution in [2.45, 2.75) is 25.9 Å². The van der Waals surface area contributed by atoms with Crippen molar-refractivity contribution >= 4 is 5.97 Å². The minimum Gasteiger partial charge on any atom is -0.478 e. The fourth-order valence-corrected chi connectivity index (χ4v) is 0.886. The summed E-state index contributed by atoms with van der Waals surface area (Å²) in [5.74, 6) is -1.16. The van der Waals surface area contributed by atoms with E-state index in [9.17, 15) is 13.6 Å². The van der Waals surface area contributed by atoms with Gasteiger partial charge in [-0.05, 0) is 19.9 Å². The molecule has 1 aromatic heterocycles. The average molecular weight is 231 g/mol. The van der Waals surface area contributed by atoms with E-state index in [2.05, 4.69) is 4.98 Å². The van der Waals surface area contributed by atoms with Gasteiger partial charge >= 0.3 is 5.97 Å². The second-order valence-corrected chi connectivity index (χ2v) is 3.65. The first-order valence-electron chi connectivity index (χ1n) is 4.49. The van der Waals surface area contributed by atoms with Gasteiger partial charge in [-0.1, -0.05) is 0 Å². The van der Waals surface area contributed by atoms with Crippen LogP contribution in [0.2, 0.25) is 0 Å². The van der Waals surface area contributed by atoms with Gasteiger partial charge in [0.25, 0.3) is 6.43 Å². The van der Waals surface area contributed by atoms with Crippen LogP contribution in [0.1, 0.15) is 25.8 Å². The molecule has 0 aliphatic rings. The first-order valence-corrected chi connectivity index (χ1v) is 4.49. The fraction of sp³-hybridized carbons (Fsp3) is 0.400. The molecule has 0 radical (unpaired) electrons. The number of pyridine rings is 1. The minimum absolute atomic E-state index is 0.00296. The van der Waals surface area contributed by atoms with Gasteiger partial charge in [0.05, 0.1) is 0 Å². The third-order valence-electron chi connectivity index (χ3n) is 1.89. The maximum atomic E-state index is 12.2. The van der Waals surface area contributed by atoms with Gasteiger partial charge in [0, 0.05) is 17.8 Å². The molecule has 1 N–H and O–H groups in total. The number of nitrogens with zero attached hydrogens (tertiary/aromatic N) is 1. The van der Waals surface area contributed by atoms with E-state index in [1.165, 1.54) is 19.9 Å². The Kier molecular flexibility index (Phi) is 3.41. The van der Waals surface area contributed by atoms with E-state index in [-0.39, 0.29) is 11.4 Å². The van der Waals surface area contributed by atoms with Gasteiger partial charge in [-0.25, -0.2) is 18.6 Å². The number of rotatable bonds is 4. The van der Waals surface area contributed by atoms with E-state index in [1.807, 2.05) is 0 Å². The molecule has 88 valence electrons. The van der Waals surface area contributed by atoms with Gasteiger partial charge in [-0.15, -0.1) is 0 Å². The molecule has 0 aliphatic carbocycles. The second kappa shape index (κ2) is 4.42. The van der Waals surface area contributed by atoms with E-state index in [0.29, 0.717) is 0 Å². The van der Waals surface area contributed by atoms with Gasteiger partial charge in [0.15, 0.2) is 0 Å². The van der Waals surface area contributed by atoms with Crippen molar-refractivity contribution in [2.24, 2.45) is 0 Å². The molecule has 0 saturated carbocycles. The summed E-state index contributed by atoms with van der Waals surface area (Å²) in [5.41, 5.74) is -1.68. The molecule has 0 atom stereocenters. The minimum atomic E-state index is -2.60. The summed E-state index contributed by atoms with van der Waals surface area (Å²) < 4.78 is 29.4. The number of halogens is 2. The van der Waals surface area contributed by atoms with Crippen LogP contribution in [-0.4, -0.2) is 21.7 Å². The highest BCUT2D eigenvalue weighted by atomic mass is 19.3. The number of alkyl halides is 2. The highest BCUT2D eigenvalue weighted by molar-refractivity contribution is 5.76. The van der Waals surface area contributed by atoms with Crippen LogP contribution in [-0.2, 0) is 4.79 Å². The van der Waals surface area contributed by atoms with E-state index in [1.54, 1.807) is 0 Å². The van der Waals surface area contributed by atoms with E-state index >= 15 is 0 Å². The Bertz CT molecular complexity index is 376. The molecule has 0 aliphatic heterocycles. The van der Waals surface area contributed by atoms with Crippen molar-refractivity contribution in [3.05, 3.63) is 23.9 Å². The van der Waals surface area contributed by atoms with Crippen molar-refractivity contribution in [2.75, 3.05) is 0 Å². The lowest BCUT2D eigenvalue weighted by Gasteiger charge is -2.20. The molecule has 0 aromatic carbocycles. The highest BCUT2D eigenvalue weighted by Gasteiger charge is 2.29. The Labute approximate surface area is 90.9 Å². The lowest BCUT2D eigenvalue weighted by atomic mass is 10.1. The molecule has 0 saturated heterocycles. The topological polar surface area (TPSA) is 59.4 Å². The van der Waals surface area contributed by atoms with Crippen LogP contribution in [0.5, 0.6) is 5.88 Å². The molecule has 4 nitrogen and oxygen atoms in total. The quantitative estimate of drug-likeness (QED) is 0.863. The number of aromatic nitrogens is 1. The van der Waals surface area contributed by atoms with Gasteiger partial charge in [0.1, 0.15) is 0 Å². The predicted molar refractivity (Wildman–Crippen MR) is 51.5 cm³/mol. The number of aliphatic carboxylic acids is 1. The van der Waals surface area contributed by atoms with Gasteiger partial charge in [-0.3, -0.25) is 0 Å². The standard InChI is InChI=1S/C10H11F2NO3/c1-10(2,9(14)15)16-7-4-3-6(5-13-7)8(11)12/h3-5,8H,1-2H3,(H,14,15). The van der Waals surface area contributed by atoms with E-state index in [0.717, 1.165) is 12.3 Å². The van der Waals surface area contributed by atoms with Crippen molar-refractivity contribution in [3.8, 4) is 5.88 Å². The van der Waals surface area contributed by atoms with Crippen LogP contribution in [0.4, 0.5) is 8.78 Å². The van der Waals surface area contributed by atoms with Crippen LogP contribution < -0.4 is 4.74 Å². The molecule has 0 fully saturated rings. The van der Waals surface area contributed by atoms with E-state index < -0.39 is 18.0 Å². The number of hydrogen-bond donors (Lipinski definition) is 1. The summed E-state index contributed by atoms with van der Waals surface area (Å²) >= 11 is 0. The SMILES string of the molecule is CC(C)(Oc1ccc(C(F)F)cn1)C(=O)O. The summed E-state index contributed by atoms with van der Waals surface area (Å²) in [6.07, 6.45) is -1.65. The van der Waals surface area contributed by atoms with Crippen LogP contribution >= 0.6 is 0 Å². The van der Waals surface area contributed by atoms with Gasteiger partial charge < -0.3 is 9.84 Å². The molecular weight excluding hydrogens is 220 g/mol. The monoisotopic (exact) mass is 231 g/mol. The summed E-state index contributed by atoms with van der Waals surface area (Å²) in [4.78, 5) is 14.3. The molecule has 0 unspecified atom stereocenters. The molecule has 0 amide bonds. The smallest absolute Gasteiger partial charge is 0.347 e. The molecular formula is C10H11F2NO3. The van der Waals surface area contributed by atoms with Crippen molar-refractivity contribution in [1.82, 2.24) is 4.98 Å². The maximum absolute atomic E-state index is 12.2. The van der Waals surface area contributed by atoms with Crippen molar-refractivity contribution < 1.29 is 23.4 Å². The normalized spacial score (nSPS) is 11.6. The van der Waals surface area contributed by atoms with Gasteiger partial charge in [0.2, 0.25) is 11.5 Å². The lowest BCUT2D eigenvalue weighted by Crippen LogP contribution is -2.38. The largest absolute Gasteiger partial charge is 0.478 e. The number of carboxylic acids is 1. The fourth-order valence-electron chi connectivity index (χ4n) is 0.886. The van der Waals surface area contributed by atoms with Gasteiger partial charge in [-0.2, -0.15) is 0 Å². The molecule has 16 heavy (non-hydrogen) atoms. The van der Waals surface area contributed by atoms with Crippen LogP contribution in [0.3, 0.4) is 0 Å². The zero-order chi connectivity index (χ0) is 12.3. The maximum Gasteiger partial charge on any atom is 0.347 e. The Balaban J connectivity index is 2.80. The van der Waals surface area contributed by atoms with Crippen LogP contribution in [0.15, 0.2) is 18.3 Å². The van der Waals surface area contributed by atoms with Crippen LogP contribution in [0.25, 0.3) is 0 Å². The molecule has 1 heterocycles. The summed E-state index contributed by atoms with van der Waals surface area (Å²) in [5, 5.41) is 8.77. The zero-order valence-corrected chi connectivity index (χ0v) is 8.78.